The molecule has 0 bridgehead atoms. The predicted octanol–water partition coefficient (Wildman–Crippen LogP) is 3.45. The van der Waals surface area contributed by atoms with Crippen molar-refractivity contribution in [2.45, 2.75) is 25.7 Å². The summed E-state index contributed by atoms with van der Waals surface area (Å²) in [6.07, 6.45) is 5.05. The molecule has 0 saturated heterocycles. The number of hydrogen-bond acceptors (Lipinski definition) is 6. The van der Waals surface area contributed by atoms with Crippen molar-refractivity contribution in [3.63, 3.8) is 0 Å². The highest BCUT2D eigenvalue weighted by molar-refractivity contribution is 7.16. The minimum absolute atomic E-state index is 0.181. The van der Waals surface area contributed by atoms with Gasteiger partial charge in [0.1, 0.15) is 16.6 Å². The van der Waals surface area contributed by atoms with Crippen LogP contribution in [0, 0.1) is 11.3 Å². The number of aromatic hydroxyl groups is 1. The third kappa shape index (κ3) is 3.50. The van der Waals surface area contributed by atoms with E-state index in [2.05, 4.69) is 16.0 Å². The van der Waals surface area contributed by atoms with Crippen LogP contribution in [0.3, 0.4) is 0 Å². The van der Waals surface area contributed by atoms with E-state index in [9.17, 15) is 20.0 Å². The second-order valence-corrected chi connectivity index (χ2v) is 8.09. The number of aliphatic imine (C=N–C) groups is 1. The molecule has 146 valence electrons. The molecule has 9 heteroatoms. The Morgan fingerprint density at radius 2 is 2.10 bits per heavy atom. The predicted molar refractivity (Wildman–Crippen MR) is 112 cm³/mol. The van der Waals surface area contributed by atoms with Gasteiger partial charge in [-0.2, -0.15) is 5.26 Å². The number of rotatable bonds is 3. The Morgan fingerprint density at radius 1 is 1.31 bits per heavy atom. The zero-order valence-electron chi connectivity index (χ0n) is 15.1. The second-order valence-electron chi connectivity index (χ2n) is 6.57. The molecule has 0 spiro atoms. The van der Waals surface area contributed by atoms with Gasteiger partial charge in [0.05, 0.1) is 11.3 Å². The van der Waals surface area contributed by atoms with Gasteiger partial charge < -0.3 is 5.11 Å². The van der Waals surface area contributed by atoms with Crippen LogP contribution in [0.2, 0.25) is 5.02 Å². The Kier molecular flexibility index (Phi) is 5.09. The molecule has 0 unspecified atom stereocenters. The van der Waals surface area contributed by atoms with E-state index in [0.29, 0.717) is 21.3 Å². The maximum atomic E-state index is 12.3. The zero-order valence-corrected chi connectivity index (χ0v) is 16.7. The summed E-state index contributed by atoms with van der Waals surface area (Å²) in [6, 6.07) is 8.52. The molecular weight excluding hydrogens is 412 g/mol. The number of thiophene rings is 1. The smallest absolute Gasteiger partial charge is 0.335 e. The highest BCUT2D eigenvalue weighted by Crippen LogP contribution is 2.39. The molecule has 2 N–H and O–H groups in total. The molecule has 29 heavy (non-hydrogen) atoms. The molecule has 1 aliphatic rings. The number of benzene rings is 1. The van der Waals surface area contributed by atoms with Crippen LogP contribution in [0.25, 0.3) is 5.69 Å². The Hall–Kier alpha value is -3.15. The second kappa shape index (κ2) is 7.70. The summed E-state index contributed by atoms with van der Waals surface area (Å²) in [4.78, 5) is 32.1. The van der Waals surface area contributed by atoms with Gasteiger partial charge in [-0.05, 0) is 49.4 Å². The molecule has 0 fully saturated rings. The van der Waals surface area contributed by atoms with E-state index in [-0.39, 0.29) is 5.56 Å². The quantitative estimate of drug-likeness (QED) is 0.624. The monoisotopic (exact) mass is 426 g/mol. The fraction of sp³-hybridized carbons (Fsp3) is 0.200. The number of nitrogens with zero attached hydrogens (tertiary/aromatic N) is 3. The van der Waals surface area contributed by atoms with Crippen molar-refractivity contribution in [1.29, 1.82) is 5.26 Å². The van der Waals surface area contributed by atoms with Gasteiger partial charge in [-0.25, -0.2) is 14.4 Å². The van der Waals surface area contributed by atoms with Gasteiger partial charge in [0, 0.05) is 16.1 Å². The maximum Gasteiger partial charge on any atom is 0.335 e. The van der Waals surface area contributed by atoms with E-state index in [1.54, 1.807) is 18.2 Å². The molecule has 3 aromatic rings. The van der Waals surface area contributed by atoms with Gasteiger partial charge in [0.15, 0.2) is 0 Å². The molecule has 4 rings (SSSR count). The van der Waals surface area contributed by atoms with Crippen LogP contribution in [0.5, 0.6) is 5.88 Å². The lowest BCUT2D eigenvalue weighted by Gasteiger charge is -2.09. The van der Waals surface area contributed by atoms with Crippen molar-refractivity contribution in [3.8, 4) is 17.6 Å². The molecule has 0 saturated carbocycles. The largest absolute Gasteiger partial charge is 0.493 e. The van der Waals surface area contributed by atoms with Crippen LogP contribution in [-0.2, 0) is 12.8 Å². The van der Waals surface area contributed by atoms with Crippen LogP contribution in [0.4, 0.5) is 5.00 Å². The third-order valence-corrected chi connectivity index (χ3v) is 6.20. The number of halogens is 1. The number of nitrogens with one attached hydrogen (secondary N) is 1. The van der Waals surface area contributed by atoms with E-state index in [1.165, 1.54) is 23.6 Å². The lowest BCUT2D eigenvalue weighted by atomic mass is 9.96. The number of H-pyrrole nitrogens is 1. The van der Waals surface area contributed by atoms with Gasteiger partial charge >= 0.3 is 5.69 Å². The molecule has 2 aromatic heterocycles. The SMILES string of the molecule is N#Cc1c(N=Cc2c(O)n(-c3cccc(Cl)c3)c(=O)[nH]c2=O)sc2c1CCCC2. The van der Waals surface area contributed by atoms with Crippen LogP contribution in [-0.4, -0.2) is 20.9 Å². The zero-order chi connectivity index (χ0) is 20.5. The van der Waals surface area contributed by atoms with E-state index < -0.39 is 17.1 Å². The van der Waals surface area contributed by atoms with E-state index in [4.69, 9.17) is 11.6 Å². The van der Waals surface area contributed by atoms with Crippen molar-refractivity contribution >= 4 is 34.2 Å². The lowest BCUT2D eigenvalue weighted by molar-refractivity contribution is 0.430. The summed E-state index contributed by atoms with van der Waals surface area (Å²) >= 11 is 7.39. The summed E-state index contributed by atoms with van der Waals surface area (Å²) in [5, 5.41) is 21.0. The number of nitriles is 1. The van der Waals surface area contributed by atoms with Gasteiger partial charge in [0.2, 0.25) is 5.88 Å². The van der Waals surface area contributed by atoms with Crippen molar-refractivity contribution in [2.24, 2.45) is 4.99 Å². The van der Waals surface area contributed by atoms with E-state index in [1.807, 2.05) is 0 Å². The molecule has 2 heterocycles. The fourth-order valence-electron chi connectivity index (χ4n) is 3.39. The van der Waals surface area contributed by atoms with Gasteiger partial charge in [-0.15, -0.1) is 11.3 Å². The molecular formula is C20H15ClN4O3S. The van der Waals surface area contributed by atoms with Crippen LogP contribution >= 0.6 is 22.9 Å². The molecule has 0 atom stereocenters. The maximum absolute atomic E-state index is 12.3. The standard InChI is InChI=1S/C20H15ClN4O3S/c21-11-4-3-5-12(8-11)25-19(27)15(17(26)24-20(25)28)10-23-18-14(9-22)13-6-1-2-7-16(13)29-18/h3-5,8,10,27H,1-2,6-7H2,(H,24,26,28). The van der Waals surface area contributed by atoms with Crippen molar-refractivity contribution in [1.82, 2.24) is 9.55 Å². The molecule has 0 aliphatic heterocycles. The first-order valence-electron chi connectivity index (χ1n) is 8.92. The topological polar surface area (TPSA) is 111 Å². The average Bonchev–Trinajstić information content (AvgIpc) is 3.05. The van der Waals surface area contributed by atoms with Crippen LogP contribution in [0.15, 0.2) is 38.8 Å². The summed E-state index contributed by atoms with van der Waals surface area (Å²) in [5.74, 6) is -0.551. The number of aryl methyl sites for hydroxylation is 1. The lowest BCUT2D eigenvalue weighted by Crippen LogP contribution is -2.31. The molecule has 0 amide bonds. The van der Waals surface area contributed by atoms with Crippen LogP contribution in [0.1, 0.15) is 34.4 Å². The normalized spacial score (nSPS) is 13.4. The first-order valence-corrected chi connectivity index (χ1v) is 10.1. The number of fused-ring (bicyclic) bond motifs is 1. The first-order chi connectivity index (χ1) is 14.0. The Labute approximate surface area is 174 Å². The highest BCUT2D eigenvalue weighted by atomic mass is 35.5. The Morgan fingerprint density at radius 3 is 2.86 bits per heavy atom. The first kappa shape index (κ1) is 19.2. The highest BCUT2D eigenvalue weighted by Gasteiger charge is 2.21. The fourth-order valence-corrected chi connectivity index (χ4v) is 4.76. The van der Waals surface area contributed by atoms with Crippen molar-refractivity contribution in [3.05, 3.63) is 71.7 Å². The number of aromatic nitrogens is 2. The minimum Gasteiger partial charge on any atom is -0.493 e. The van der Waals surface area contributed by atoms with Crippen molar-refractivity contribution < 1.29 is 5.11 Å². The van der Waals surface area contributed by atoms with Gasteiger partial charge in [-0.1, -0.05) is 17.7 Å². The van der Waals surface area contributed by atoms with Gasteiger partial charge in [0.25, 0.3) is 5.56 Å². The molecule has 1 aromatic carbocycles. The number of hydrogen-bond donors (Lipinski definition) is 2. The summed E-state index contributed by atoms with van der Waals surface area (Å²) in [6.45, 7) is 0. The van der Waals surface area contributed by atoms with Gasteiger partial charge in [-0.3, -0.25) is 9.78 Å². The molecule has 0 radical (unpaired) electrons. The van der Waals surface area contributed by atoms with Crippen molar-refractivity contribution in [2.75, 3.05) is 0 Å². The number of aromatic amines is 1. The molecule has 1 aliphatic carbocycles. The Balaban J connectivity index is 1.82. The minimum atomic E-state index is -0.795. The third-order valence-electron chi connectivity index (χ3n) is 4.76. The van der Waals surface area contributed by atoms with E-state index >= 15 is 0 Å². The summed E-state index contributed by atoms with van der Waals surface area (Å²) < 4.78 is 0.944. The summed E-state index contributed by atoms with van der Waals surface area (Å²) in [7, 11) is 0. The molecule has 7 nitrogen and oxygen atoms in total. The van der Waals surface area contributed by atoms with E-state index in [0.717, 1.165) is 40.7 Å². The summed E-state index contributed by atoms with van der Waals surface area (Å²) in [5.41, 5.74) is 0.0959. The Bertz CT molecular complexity index is 1300. The average molecular weight is 427 g/mol. The van der Waals surface area contributed by atoms with Crippen LogP contribution < -0.4 is 11.2 Å².